The average Bonchev–Trinajstić information content (AvgIpc) is 2.58. The number of phenolic OH excluding ortho intramolecular Hbond substituents is 1. The first-order valence-electron chi connectivity index (χ1n) is 7.39. The third-order valence-electron chi connectivity index (χ3n) is 3.57. The number of hydrazone groups is 1. The fraction of sp³-hybridized carbons (Fsp3) is 0.188. The van der Waals surface area contributed by atoms with Crippen molar-refractivity contribution in [1.82, 2.24) is 0 Å². The summed E-state index contributed by atoms with van der Waals surface area (Å²) >= 11 is 0. The van der Waals surface area contributed by atoms with Crippen LogP contribution in [0.3, 0.4) is 0 Å². The van der Waals surface area contributed by atoms with Gasteiger partial charge in [-0.15, -0.1) is 0 Å². The Morgan fingerprint density at radius 3 is 2.44 bits per heavy atom. The summed E-state index contributed by atoms with van der Waals surface area (Å²) in [6.45, 7) is 3.62. The Balaban J connectivity index is 2.36. The van der Waals surface area contributed by atoms with Crippen LogP contribution in [0.15, 0.2) is 41.5 Å². The molecule has 0 aliphatic rings. The van der Waals surface area contributed by atoms with Crippen LogP contribution in [0.4, 0.5) is 17.1 Å². The molecule has 2 aromatic rings. The molecular weight excluding hydrogens is 328 g/mol. The SMILES string of the molecule is CCC(=NNc1ccc([N+](=O)[O-])cc1[N+](=O)[O-])c1ccc(O)c(C)c1. The van der Waals surface area contributed by atoms with Crippen LogP contribution in [-0.2, 0) is 0 Å². The molecule has 0 fully saturated rings. The lowest BCUT2D eigenvalue weighted by Gasteiger charge is -2.08. The van der Waals surface area contributed by atoms with Crippen LogP contribution in [0.25, 0.3) is 0 Å². The van der Waals surface area contributed by atoms with E-state index in [1.807, 2.05) is 6.92 Å². The highest BCUT2D eigenvalue weighted by atomic mass is 16.6. The van der Waals surface area contributed by atoms with Gasteiger partial charge in [0, 0.05) is 6.07 Å². The van der Waals surface area contributed by atoms with Gasteiger partial charge in [0.15, 0.2) is 0 Å². The summed E-state index contributed by atoms with van der Waals surface area (Å²) in [6.07, 6.45) is 0.540. The standard InChI is InChI=1S/C16H16N4O5/c1-3-13(11-4-7-16(21)10(2)8-11)17-18-14-6-5-12(19(22)23)9-15(14)20(24)25/h4-9,18,21H,3H2,1-2H3. The molecule has 0 saturated carbocycles. The fourth-order valence-corrected chi connectivity index (χ4v) is 2.19. The predicted octanol–water partition coefficient (Wildman–Crippen LogP) is 3.74. The predicted molar refractivity (Wildman–Crippen MR) is 93.0 cm³/mol. The van der Waals surface area contributed by atoms with Gasteiger partial charge < -0.3 is 5.11 Å². The summed E-state index contributed by atoms with van der Waals surface area (Å²) in [6, 6.07) is 8.29. The summed E-state index contributed by atoms with van der Waals surface area (Å²) in [5, 5.41) is 35.7. The lowest BCUT2D eigenvalue weighted by molar-refractivity contribution is -0.393. The summed E-state index contributed by atoms with van der Waals surface area (Å²) in [5.74, 6) is 0.165. The van der Waals surface area contributed by atoms with Gasteiger partial charge in [-0.1, -0.05) is 6.92 Å². The van der Waals surface area contributed by atoms with E-state index in [4.69, 9.17) is 0 Å². The number of benzene rings is 2. The third kappa shape index (κ3) is 4.08. The number of hydrogen-bond donors (Lipinski definition) is 2. The Bertz CT molecular complexity index is 864. The molecule has 0 atom stereocenters. The van der Waals surface area contributed by atoms with Gasteiger partial charge in [0.1, 0.15) is 11.4 Å². The van der Waals surface area contributed by atoms with E-state index in [-0.39, 0.29) is 17.1 Å². The van der Waals surface area contributed by atoms with Gasteiger partial charge in [0.25, 0.3) is 5.69 Å². The van der Waals surface area contributed by atoms with E-state index < -0.39 is 15.5 Å². The van der Waals surface area contributed by atoms with E-state index in [9.17, 15) is 25.3 Å². The first-order chi connectivity index (χ1) is 11.8. The highest BCUT2D eigenvalue weighted by molar-refractivity contribution is 6.01. The van der Waals surface area contributed by atoms with Gasteiger partial charge in [-0.05, 0) is 48.7 Å². The van der Waals surface area contributed by atoms with Crippen LogP contribution in [0, 0.1) is 27.2 Å². The van der Waals surface area contributed by atoms with Crippen molar-refractivity contribution in [3.8, 4) is 5.75 Å². The van der Waals surface area contributed by atoms with Gasteiger partial charge in [0.05, 0.1) is 21.6 Å². The van der Waals surface area contributed by atoms with E-state index in [1.165, 1.54) is 12.1 Å². The number of nitro benzene ring substituents is 2. The number of non-ortho nitro benzene ring substituents is 1. The van der Waals surface area contributed by atoms with Crippen LogP contribution >= 0.6 is 0 Å². The van der Waals surface area contributed by atoms with Crippen molar-refractivity contribution in [2.45, 2.75) is 20.3 Å². The molecule has 0 aliphatic heterocycles. The summed E-state index contributed by atoms with van der Waals surface area (Å²) in [4.78, 5) is 20.5. The van der Waals surface area contributed by atoms with Crippen molar-refractivity contribution in [2.75, 3.05) is 5.43 Å². The molecule has 0 spiro atoms. The monoisotopic (exact) mass is 344 g/mol. The smallest absolute Gasteiger partial charge is 0.301 e. The van der Waals surface area contributed by atoms with Crippen molar-refractivity contribution in [1.29, 1.82) is 0 Å². The number of rotatable bonds is 6. The minimum absolute atomic E-state index is 0.0528. The molecule has 0 aromatic heterocycles. The highest BCUT2D eigenvalue weighted by Gasteiger charge is 2.19. The fourth-order valence-electron chi connectivity index (χ4n) is 2.19. The Labute approximate surface area is 142 Å². The van der Waals surface area contributed by atoms with Crippen molar-refractivity contribution in [3.63, 3.8) is 0 Å². The molecule has 0 amide bonds. The van der Waals surface area contributed by atoms with E-state index >= 15 is 0 Å². The lowest BCUT2D eigenvalue weighted by Crippen LogP contribution is -2.05. The van der Waals surface area contributed by atoms with Crippen molar-refractivity contribution < 1.29 is 15.0 Å². The van der Waals surface area contributed by atoms with E-state index in [0.717, 1.165) is 11.6 Å². The molecular formula is C16H16N4O5. The third-order valence-corrected chi connectivity index (χ3v) is 3.57. The average molecular weight is 344 g/mol. The number of aryl methyl sites for hydroxylation is 1. The quantitative estimate of drug-likeness (QED) is 0.466. The summed E-state index contributed by atoms with van der Waals surface area (Å²) < 4.78 is 0. The highest BCUT2D eigenvalue weighted by Crippen LogP contribution is 2.29. The summed E-state index contributed by atoms with van der Waals surface area (Å²) in [5.41, 5.74) is 3.91. The van der Waals surface area contributed by atoms with Crippen molar-refractivity contribution in [2.24, 2.45) is 5.10 Å². The van der Waals surface area contributed by atoms with E-state index in [2.05, 4.69) is 10.5 Å². The number of hydrogen-bond acceptors (Lipinski definition) is 7. The first-order valence-corrected chi connectivity index (χ1v) is 7.39. The number of nitrogens with zero attached hydrogens (tertiary/aromatic N) is 3. The Morgan fingerprint density at radius 2 is 1.88 bits per heavy atom. The van der Waals surface area contributed by atoms with Crippen molar-refractivity contribution >= 4 is 22.8 Å². The number of nitro groups is 2. The van der Waals surface area contributed by atoms with E-state index in [1.54, 1.807) is 25.1 Å². The molecule has 2 N–H and O–H groups in total. The molecule has 9 nitrogen and oxygen atoms in total. The maximum atomic E-state index is 11.1. The maximum Gasteiger partial charge on any atom is 0.301 e. The Hall–Kier alpha value is -3.49. The zero-order chi connectivity index (χ0) is 18.6. The number of anilines is 1. The van der Waals surface area contributed by atoms with Crippen LogP contribution in [-0.4, -0.2) is 20.7 Å². The molecule has 0 heterocycles. The van der Waals surface area contributed by atoms with E-state index in [0.29, 0.717) is 17.7 Å². The van der Waals surface area contributed by atoms with Crippen LogP contribution in [0.2, 0.25) is 0 Å². The molecule has 130 valence electrons. The normalized spacial score (nSPS) is 11.2. The largest absolute Gasteiger partial charge is 0.508 e. The molecule has 0 aliphatic carbocycles. The maximum absolute atomic E-state index is 11.1. The Morgan fingerprint density at radius 1 is 1.16 bits per heavy atom. The molecule has 0 unspecified atom stereocenters. The molecule has 0 bridgehead atoms. The molecule has 25 heavy (non-hydrogen) atoms. The first kappa shape index (κ1) is 17.9. The molecule has 0 radical (unpaired) electrons. The molecule has 2 aromatic carbocycles. The van der Waals surface area contributed by atoms with Gasteiger partial charge in [-0.25, -0.2) is 0 Å². The van der Waals surface area contributed by atoms with Crippen LogP contribution in [0.1, 0.15) is 24.5 Å². The zero-order valence-corrected chi connectivity index (χ0v) is 13.6. The summed E-state index contributed by atoms with van der Waals surface area (Å²) in [7, 11) is 0. The lowest BCUT2D eigenvalue weighted by atomic mass is 10.1. The second-order valence-electron chi connectivity index (χ2n) is 5.24. The number of phenols is 1. The topological polar surface area (TPSA) is 131 Å². The second-order valence-corrected chi connectivity index (χ2v) is 5.24. The molecule has 9 heteroatoms. The van der Waals surface area contributed by atoms with Gasteiger partial charge in [-0.3, -0.25) is 25.7 Å². The van der Waals surface area contributed by atoms with Gasteiger partial charge >= 0.3 is 5.69 Å². The molecule has 0 saturated heterocycles. The van der Waals surface area contributed by atoms with Crippen molar-refractivity contribution in [3.05, 3.63) is 67.8 Å². The molecule has 2 rings (SSSR count). The van der Waals surface area contributed by atoms with Gasteiger partial charge in [-0.2, -0.15) is 5.10 Å². The van der Waals surface area contributed by atoms with Gasteiger partial charge in [0.2, 0.25) is 0 Å². The minimum Gasteiger partial charge on any atom is -0.508 e. The second kappa shape index (κ2) is 7.39. The number of aromatic hydroxyl groups is 1. The zero-order valence-electron chi connectivity index (χ0n) is 13.6. The number of nitrogens with one attached hydrogen (secondary N) is 1. The minimum atomic E-state index is -0.707. The Kier molecular flexibility index (Phi) is 5.28. The van der Waals surface area contributed by atoms with Crippen LogP contribution in [0.5, 0.6) is 5.75 Å². The van der Waals surface area contributed by atoms with Crippen LogP contribution < -0.4 is 5.43 Å².